The molecule has 0 aliphatic heterocycles. The number of hydrogen-bond acceptors (Lipinski definition) is 1. The van der Waals surface area contributed by atoms with Crippen LogP contribution in [0, 0.1) is 11.8 Å². The van der Waals surface area contributed by atoms with E-state index in [1.807, 2.05) is 0 Å². The van der Waals surface area contributed by atoms with Gasteiger partial charge in [0.25, 0.3) is 0 Å². The standard InChI is InChI=1S/C9H7Cl2N/c10-5-2-1-3-9-7-8(11)4-6-12-9/h4,6-7H,2,5H2. The molecule has 0 aliphatic carbocycles. The first-order valence-electron chi connectivity index (χ1n) is 3.49. The quantitative estimate of drug-likeness (QED) is 0.501. The van der Waals surface area contributed by atoms with Gasteiger partial charge in [0.05, 0.1) is 0 Å². The largest absolute Gasteiger partial charge is 0.248 e. The van der Waals surface area contributed by atoms with Crippen molar-refractivity contribution in [3.05, 3.63) is 29.0 Å². The Morgan fingerprint density at radius 1 is 1.50 bits per heavy atom. The third-order valence-corrected chi connectivity index (χ3v) is 1.58. The lowest BCUT2D eigenvalue weighted by Gasteiger charge is -1.89. The Bertz CT molecular complexity index is 312. The van der Waals surface area contributed by atoms with Crippen molar-refractivity contribution in [2.45, 2.75) is 6.42 Å². The number of pyridine rings is 1. The molecule has 1 aromatic rings. The molecule has 0 fully saturated rings. The van der Waals surface area contributed by atoms with Gasteiger partial charge in [-0.05, 0) is 18.1 Å². The van der Waals surface area contributed by atoms with E-state index in [2.05, 4.69) is 16.8 Å². The van der Waals surface area contributed by atoms with Gasteiger partial charge in [0.15, 0.2) is 0 Å². The second-order valence-electron chi connectivity index (χ2n) is 2.10. The lowest BCUT2D eigenvalue weighted by atomic mass is 10.3. The van der Waals surface area contributed by atoms with Crippen molar-refractivity contribution in [2.24, 2.45) is 0 Å². The van der Waals surface area contributed by atoms with Crippen LogP contribution in [-0.2, 0) is 0 Å². The Morgan fingerprint density at radius 3 is 3.00 bits per heavy atom. The molecule has 3 heteroatoms. The molecule has 1 rings (SSSR count). The minimum absolute atomic E-state index is 0.549. The molecule has 62 valence electrons. The molecule has 12 heavy (non-hydrogen) atoms. The van der Waals surface area contributed by atoms with Crippen molar-refractivity contribution < 1.29 is 0 Å². The number of hydrogen-bond donors (Lipinski definition) is 0. The van der Waals surface area contributed by atoms with Gasteiger partial charge in [-0.15, -0.1) is 11.6 Å². The van der Waals surface area contributed by atoms with E-state index in [1.165, 1.54) is 0 Å². The fourth-order valence-corrected chi connectivity index (χ4v) is 0.928. The van der Waals surface area contributed by atoms with Gasteiger partial charge in [0.2, 0.25) is 0 Å². The molecule has 1 heterocycles. The normalized spacial score (nSPS) is 8.83. The van der Waals surface area contributed by atoms with Crippen LogP contribution in [0.15, 0.2) is 18.3 Å². The highest BCUT2D eigenvalue weighted by Gasteiger charge is 1.88. The third-order valence-electron chi connectivity index (χ3n) is 1.16. The van der Waals surface area contributed by atoms with E-state index in [4.69, 9.17) is 23.2 Å². The van der Waals surface area contributed by atoms with Crippen molar-refractivity contribution in [3.8, 4) is 11.8 Å². The molecular weight excluding hydrogens is 193 g/mol. The van der Waals surface area contributed by atoms with Crippen LogP contribution < -0.4 is 0 Å². The van der Waals surface area contributed by atoms with E-state index in [9.17, 15) is 0 Å². The molecule has 0 spiro atoms. The van der Waals surface area contributed by atoms with E-state index in [0.717, 1.165) is 0 Å². The number of aromatic nitrogens is 1. The van der Waals surface area contributed by atoms with Crippen molar-refractivity contribution in [1.82, 2.24) is 4.98 Å². The Morgan fingerprint density at radius 2 is 2.33 bits per heavy atom. The lowest BCUT2D eigenvalue weighted by molar-refractivity contribution is 1.26. The Labute approximate surface area is 81.7 Å². The first-order chi connectivity index (χ1) is 5.83. The molecule has 0 bridgehead atoms. The predicted octanol–water partition coefficient (Wildman–Crippen LogP) is 2.72. The minimum atomic E-state index is 0.549. The summed E-state index contributed by atoms with van der Waals surface area (Å²) in [6.45, 7) is 0. The van der Waals surface area contributed by atoms with E-state index < -0.39 is 0 Å². The second-order valence-corrected chi connectivity index (χ2v) is 2.91. The van der Waals surface area contributed by atoms with Crippen LogP contribution in [0.4, 0.5) is 0 Å². The smallest absolute Gasteiger partial charge is 0.114 e. The maximum atomic E-state index is 5.72. The number of rotatable bonds is 1. The van der Waals surface area contributed by atoms with Crippen LogP contribution in [0.25, 0.3) is 0 Å². The number of alkyl halides is 1. The molecule has 0 saturated carbocycles. The summed E-state index contributed by atoms with van der Waals surface area (Å²) >= 11 is 11.2. The Balaban J connectivity index is 2.71. The van der Waals surface area contributed by atoms with Crippen LogP contribution in [0.5, 0.6) is 0 Å². The summed E-state index contributed by atoms with van der Waals surface area (Å²) in [5.41, 5.74) is 0.688. The first kappa shape index (κ1) is 9.38. The van der Waals surface area contributed by atoms with Crippen LogP contribution in [0.3, 0.4) is 0 Å². The van der Waals surface area contributed by atoms with Gasteiger partial charge < -0.3 is 0 Å². The molecule has 0 saturated heterocycles. The summed E-state index contributed by atoms with van der Waals surface area (Å²) in [5, 5.41) is 0.653. The maximum Gasteiger partial charge on any atom is 0.114 e. The number of halogens is 2. The zero-order valence-electron chi connectivity index (χ0n) is 6.35. The Kier molecular flexibility index (Phi) is 3.93. The predicted molar refractivity (Wildman–Crippen MR) is 51.5 cm³/mol. The Hall–Kier alpha value is -0.710. The first-order valence-corrected chi connectivity index (χ1v) is 4.40. The molecule has 0 radical (unpaired) electrons. The SMILES string of the molecule is ClCCC#Cc1cc(Cl)ccn1. The topological polar surface area (TPSA) is 12.9 Å². The summed E-state index contributed by atoms with van der Waals surface area (Å²) in [6, 6.07) is 3.44. The third kappa shape index (κ3) is 3.13. The molecule has 0 aromatic carbocycles. The van der Waals surface area contributed by atoms with Crippen molar-refractivity contribution in [2.75, 3.05) is 5.88 Å². The maximum absolute atomic E-state index is 5.72. The molecule has 0 N–H and O–H groups in total. The summed E-state index contributed by atoms with van der Waals surface area (Å²) in [7, 11) is 0. The number of nitrogens with zero attached hydrogens (tertiary/aromatic N) is 1. The zero-order valence-corrected chi connectivity index (χ0v) is 7.86. The highest BCUT2D eigenvalue weighted by Crippen LogP contribution is 2.06. The molecule has 0 unspecified atom stereocenters. The van der Waals surface area contributed by atoms with E-state index in [1.54, 1.807) is 18.3 Å². The summed E-state index contributed by atoms with van der Waals surface area (Å²) in [6.07, 6.45) is 2.31. The average molecular weight is 200 g/mol. The van der Waals surface area contributed by atoms with Gasteiger partial charge in [0.1, 0.15) is 5.69 Å². The minimum Gasteiger partial charge on any atom is -0.248 e. The van der Waals surface area contributed by atoms with Gasteiger partial charge >= 0.3 is 0 Å². The highest BCUT2D eigenvalue weighted by atomic mass is 35.5. The molecule has 1 nitrogen and oxygen atoms in total. The van der Waals surface area contributed by atoms with Crippen molar-refractivity contribution in [1.29, 1.82) is 0 Å². The lowest BCUT2D eigenvalue weighted by Crippen LogP contribution is -1.80. The van der Waals surface area contributed by atoms with Crippen LogP contribution >= 0.6 is 23.2 Å². The van der Waals surface area contributed by atoms with Gasteiger partial charge in [-0.1, -0.05) is 17.5 Å². The average Bonchev–Trinajstić information content (AvgIpc) is 2.05. The molecule has 0 amide bonds. The van der Waals surface area contributed by atoms with E-state index in [-0.39, 0.29) is 0 Å². The highest BCUT2D eigenvalue weighted by molar-refractivity contribution is 6.30. The van der Waals surface area contributed by atoms with Crippen molar-refractivity contribution >= 4 is 23.2 Å². The monoisotopic (exact) mass is 199 g/mol. The fourth-order valence-electron chi connectivity index (χ4n) is 0.673. The summed E-state index contributed by atoms with van der Waals surface area (Å²) < 4.78 is 0. The van der Waals surface area contributed by atoms with Crippen LogP contribution in [0.2, 0.25) is 5.02 Å². The van der Waals surface area contributed by atoms with Gasteiger partial charge in [-0.3, -0.25) is 0 Å². The fraction of sp³-hybridized carbons (Fsp3) is 0.222. The summed E-state index contributed by atoms with van der Waals surface area (Å²) in [5.74, 6) is 6.28. The van der Waals surface area contributed by atoms with Crippen molar-refractivity contribution in [3.63, 3.8) is 0 Å². The van der Waals surface area contributed by atoms with Crippen LogP contribution in [-0.4, -0.2) is 10.9 Å². The second kappa shape index (κ2) is 5.03. The molecule has 0 aliphatic rings. The van der Waals surface area contributed by atoms with Crippen LogP contribution in [0.1, 0.15) is 12.1 Å². The zero-order chi connectivity index (χ0) is 8.81. The van der Waals surface area contributed by atoms with E-state index >= 15 is 0 Å². The summed E-state index contributed by atoms with van der Waals surface area (Å²) in [4.78, 5) is 4.01. The van der Waals surface area contributed by atoms with E-state index in [0.29, 0.717) is 23.0 Å². The molecule has 1 aromatic heterocycles. The van der Waals surface area contributed by atoms with Gasteiger partial charge in [-0.2, -0.15) is 0 Å². The van der Waals surface area contributed by atoms with Gasteiger partial charge in [0, 0.05) is 23.5 Å². The molecule has 0 atom stereocenters. The van der Waals surface area contributed by atoms with Gasteiger partial charge in [-0.25, -0.2) is 4.98 Å². The molecular formula is C9H7Cl2N.